The van der Waals surface area contributed by atoms with Crippen LogP contribution in [0.5, 0.6) is 5.75 Å². The van der Waals surface area contributed by atoms with Gasteiger partial charge in [0.1, 0.15) is 11.9 Å². The third-order valence-corrected chi connectivity index (χ3v) is 7.89. The lowest BCUT2D eigenvalue weighted by Crippen LogP contribution is -2.28. The van der Waals surface area contributed by atoms with E-state index in [0.717, 1.165) is 42.9 Å². The van der Waals surface area contributed by atoms with Crippen LogP contribution in [0.25, 0.3) is 21.1 Å². The molecule has 0 saturated carbocycles. The van der Waals surface area contributed by atoms with Crippen molar-refractivity contribution >= 4 is 28.6 Å². The molecule has 0 fully saturated rings. The van der Waals surface area contributed by atoms with Gasteiger partial charge in [0.2, 0.25) is 0 Å². The summed E-state index contributed by atoms with van der Waals surface area (Å²) in [5.41, 5.74) is 3.16. The Morgan fingerprint density at radius 1 is 1.03 bits per heavy atom. The number of aryl methyl sites for hydroxylation is 1. The van der Waals surface area contributed by atoms with Crippen LogP contribution in [0.1, 0.15) is 42.9 Å². The predicted octanol–water partition coefficient (Wildman–Crippen LogP) is 6.89. The Hall–Kier alpha value is -3.07. The lowest BCUT2D eigenvalue weighted by atomic mass is 10.1. The Bertz CT molecular complexity index is 1250. The van der Waals surface area contributed by atoms with E-state index >= 15 is 0 Å². The number of carbonyl (C=O) groups excluding carboxylic acids is 1. The van der Waals surface area contributed by atoms with Gasteiger partial charge in [-0.1, -0.05) is 18.2 Å². The van der Waals surface area contributed by atoms with Gasteiger partial charge in [-0.15, -0.1) is 22.7 Å². The zero-order valence-corrected chi connectivity index (χ0v) is 22.5. The molecule has 6 nitrogen and oxygen atoms in total. The fourth-order valence-electron chi connectivity index (χ4n) is 3.86. The maximum absolute atomic E-state index is 12.1. The summed E-state index contributed by atoms with van der Waals surface area (Å²) in [4.78, 5) is 24.6. The number of carbonyl (C=O) groups is 1. The molecular formula is C28H30N2O4S2. The molecule has 36 heavy (non-hydrogen) atoms. The molecule has 2 unspecified atom stereocenters. The highest BCUT2D eigenvalue weighted by Crippen LogP contribution is 2.35. The summed E-state index contributed by atoms with van der Waals surface area (Å²) in [6.07, 6.45) is 3.48. The number of thiophene rings is 2. The highest BCUT2D eigenvalue weighted by molar-refractivity contribution is 7.15. The van der Waals surface area contributed by atoms with Gasteiger partial charge in [-0.05, 0) is 68.5 Å². The largest absolute Gasteiger partial charge is 0.485 e. The number of benzene rings is 1. The number of hydrogen-bond acceptors (Lipinski definition) is 8. The third kappa shape index (κ3) is 6.37. The molecule has 1 aromatic carbocycles. The molecule has 4 rings (SSSR count). The Labute approximate surface area is 219 Å². The van der Waals surface area contributed by atoms with Gasteiger partial charge in [0.15, 0.2) is 11.9 Å². The van der Waals surface area contributed by atoms with Crippen molar-refractivity contribution in [1.82, 2.24) is 9.97 Å². The van der Waals surface area contributed by atoms with Gasteiger partial charge in [0, 0.05) is 40.7 Å². The monoisotopic (exact) mass is 522 g/mol. The summed E-state index contributed by atoms with van der Waals surface area (Å²) in [5.74, 6) is 1.15. The van der Waals surface area contributed by atoms with Crippen molar-refractivity contribution in [2.24, 2.45) is 0 Å². The van der Waals surface area contributed by atoms with Gasteiger partial charge in [-0.3, -0.25) is 0 Å². The highest BCUT2D eigenvalue weighted by atomic mass is 32.1. The highest BCUT2D eigenvalue weighted by Gasteiger charge is 2.21. The van der Waals surface area contributed by atoms with Gasteiger partial charge in [0.05, 0.1) is 11.5 Å². The first-order valence-corrected chi connectivity index (χ1v) is 13.7. The zero-order valence-electron chi connectivity index (χ0n) is 20.9. The minimum Gasteiger partial charge on any atom is -0.485 e. The van der Waals surface area contributed by atoms with Crippen LogP contribution in [0.15, 0.2) is 60.2 Å². The molecule has 3 aromatic heterocycles. The van der Waals surface area contributed by atoms with E-state index in [-0.39, 0.29) is 12.1 Å². The van der Waals surface area contributed by atoms with E-state index in [1.807, 2.05) is 62.0 Å². The van der Waals surface area contributed by atoms with Crippen LogP contribution in [-0.4, -0.2) is 35.3 Å². The predicted molar refractivity (Wildman–Crippen MR) is 145 cm³/mol. The van der Waals surface area contributed by atoms with Gasteiger partial charge >= 0.3 is 5.97 Å². The molecule has 0 N–H and O–H groups in total. The summed E-state index contributed by atoms with van der Waals surface area (Å²) in [5, 5.41) is 2.05. The number of ether oxygens (including phenoxy) is 3. The Morgan fingerprint density at radius 2 is 1.78 bits per heavy atom. The van der Waals surface area contributed by atoms with E-state index in [0.29, 0.717) is 19.6 Å². The molecule has 0 amide bonds. The molecule has 0 spiro atoms. The molecular weight excluding hydrogens is 492 g/mol. The summed E-state index contributed by atoms with van der Waals surface area (Å²) in [6, 6.07) is 14.0. The van der Waals surface area contributed by atoms with Crippen LogP contribution in [-0.2, 0) is 20.7 Å². The summed E-state index contributed by atoms with van der Waals surface area (Å²) < 4.78 is 16.9. The van der Waals surface area contributed by atoms with Gasteiger partial charge in [0.25, 0.3) is 0 Å². The van der Waals surface area contributed by atoms with Crippen LogP contribution < -0.4 is 4.74 Å². The van der Waals surface area contributed by atoms with Crippen molar-refractivity contribution in [3.63, 3.8) is 0 Å². The van der Waals surface area contributed by atoms with E-state index in [2.05, 4.69) is 29.0 Å². The second-order valence-corrected chi connectivity index (χ2v) is 10.3. The first-order chi connectivity index (χ1) is 17.5. The average molecular weight is 523 g/mol. The molecule has 2 atom stereocenters. The molecule has 188 valence electrons. The Morgan fingerprint density at radius 3 is 2.42 bits per heavy atom. The average Bonchev–Trinajstić information content (AvgIpc) is 3.55. The maximum atomic E-state index is 12.1. The molecule has 0 aliphatic carbocycles. The number of rotatable bonds is 11. The van der Waals surface area contributed by atoms with Gasteiger partial charge in [-0.25, -0.2) is 14.8 Å². The molecule has 0 aliphatic rings. The third-order valence-electron chi connectivity index (χ3n) is 5.58. The smallest absolute Gasteiger partial charge is 0.335 e. The van der Waals surface area contributed by atoms with Crippen molar-refractivity contribution in [2.75, 3.05) is 13.2 Å². The van der Waals surface area contributed by atoms with E-state index in [1.165, 1.54) is 0 Å². The molecule has 0 radical (unpaired) electrons. The van der Waals surface area contributed by atoms with Crippen LogP contribution in [0.3, 0.4) is 0 Å². The normalized spacial score (nSPS) is 12.8. The minimum absolute atomic E-state index is 0.129. The fraction of sp³-hybridized carbons (Fsp3) is 0.321. The second-order valence-electron chi connectivity index (χ2n) is 8.23. The Balaban J connectivity index is 1.41. The quantitative estimate of drug-likeness (QED) is 0.200. The van der Waals surface area contributed by atoms with E-state index in [4.69, 9.17) is 14.2 Å². The molecule has 0 saturated heterocycles. The second kappa shape index (κ2) is 12.3. The van der Waals surface area contributed by atoms with Crippen molar-refractivity contribution in [1.29, 1.82) is 0 Å². The molecule has 3 heterocycles. The van der Waals surface area contributed by atoms with E-state index < -0.39 is 6.10 Å². The number of esters is 1. The van der Waals surface area contributed by atoms with Crippen LogP contribution in [0.4, 0.5) is 0 Å². The fourth-order valence-corrected chi connectivity index (χ4v) is 5.66. The number of nitrogens with zero attached hydrogens (tertiary/aromatic N) is 2. The standard InChI is InChI=1S/C28H30N2O4S2/c1-5-32-23(28(31)33-6-2)15-20-9-11-22(12-10-20)34-19(4)26-18(3)14-25(36-26)27-29-16-21(17-30-27)24-8-7-13-35-24/h7-14,16-17,19,23H,5-6,15H2,1-4H3. The maximum Gasteiger partial charge on any atom is 0.335 e. The summed E-state index contributed by atoms with van der Waals surface area (Å²) in [7, 11) is 0. The van der Waals surface area contributed by atoms with Crippen molar-refractivity contribution in [3.8, 4) is 26.9 Å². The molecule has 0 bridgehead atoms. The lowest BCUT2D eigenvalue weighted by Gasteiger charge is -2.17. The zero-order chi connectivity index (χ0) is 25.5. The van der Waals surface area contributed by atoms with Crippen LogP contribution >= 0.6 is 22.7 Å². The van der Waals surface area contributed by atoms with E-state index in [9.17, 15) is 4.79 Å². The molecule has 0 aliphatic heterocycles. The van der Waals surface area contributed by atoms with Crippen LogP contribution in [0, 0.1) is 6.92 Å². The lowest BCUT2D eigenvalue weighted by molar-refractivity contribution is -0.156. The minimum atomic E-state index is -0.602. The molecule has 4 aromatic rings. The van der Waals surface area contributed by atoms with Gasteiger partial charge < -0.3 is 14.2 Å². The number of aromatic nitrogens is 2. The molecule has 8 heteroatoms. The first-order valence-electron chi connectivity index (χ1n) is 12.0. The van der Waals surface area contributed by atoms with Crippen molar-refractivity contribution in [2.45, 2.75) is 46.3 Å². The van der Waals surface area contributed by atoms with Crippen molar-refractivity contribution < 1.29 is 19.0 Å². The first kappa shape index (κ1) is 26.0. The van der Waals surface area contributed by atoms with Crippen molar-refractivity contribution in [3.05, 3.63) is 76.2 Å². The summed E-state index contributed by atoms with van der Waals surface area (Å²) >= 11 is 3.33. The Kier molecular flexibility index (Phi) is 8.85. The summed E-state index contributed by atoms with van der Waals surface area (Å²) in [6.45, 7) is 8.58. The topological polar surface area (TPSA) is 70.5 Å². The van der Waals surface area contributed by atoms with E-state index in [1.54, 1.807) is 29.6 Å². The van der Waals surface area contributed by atoms with Gasteiger partial charge in [-0.2, -0.15) is 0 Å². The van der Waals surface area contributed by atoms with Crippen LogP contribution in [0.2, 0.25) is 0 Å². The SMILES string of the molecule is CCOC(=O)C(Cc1ccc(OC(C)c2sc(-c3ncc(-c4cccs4)cn3)cc2C)cc1)OCC. The number of hydrogen-bond donors (Lipinski definition) is 0.